The number of benzene rings is 2. The Morgan fingerprint density at radius 1 is 1.14 bits per heavy atom. The SMILES string of the molecule is COc1ccc2nc3cc(Cl)ccc3c(NCC3CC(C)(C)N(O)C3(C)C)c2c1. The molecule has 0 amide bonds. The number of ether oxygens (including phenoxy) is 1. The van der Waals surface area contributed by atoms with Gasteiger partial charge in [0, 0.05) is 33.4 Å². The third-order valence-corrected chi connectivity index (χ3v) is 6.57. The van der Waals surface area contributed by atoms with E-state index in [1.807, 2.05) is 36.4 Å². The normalized spacial score (nSPS) is 21.0. The number of methoxy groups -OCH3 is 1. The van der Waals surface area contributed by atoms with Crippen molar-refractivity contribution in [2.45, 2.75) is 45.2 Å². The molecule has 0 bridgehead atoms. The van der Waals surface area contributed by atoms with E-state index in [-0.39, 0.29) is 17.0 Å². The van der Waals surface area contributed by atoms with Gasteiger partial charge in [0.15, 0.2) is 0 Å². The van der Waals surface area contributed by atoms with Crippen LogP contribution in [0.25, 0.3) is 21.8 Å². The van der Waals surface area contributed by atoms with Crippen LogP contribution in [0.3, 0.4) is 0 Å². The van der Waals surface area contributed by atoms with Crippen LogP contribution in [0.4, 0.5) is 5.69 Å². The minimum absolute atomic E-state index is 0.255. The first-order chi connectivity index (χ1) is 13.6. The zero-order chi connectivity index (χ0) is 21.0. The van der Waals surface area contributed by atoms with Gasteiger partial charge >= 0.3 is 0 Å². The van der Waals surface area contributed by atoms with E-state index >= 15 is 0 Å². The highest BCUT2D eigenvalue weighted by Crippen LogP contribution is 2.44. The standard InChI is InChI=1S/C23H28ClN3O2/c1-22(2)12-14(23(3,4)27(22)28)13-25-21-17-8-6-15(24)10-20(17)26-19-9-7-16(29-5)11-18(19)21/h6-11,14,28H,12-13H2,1-5H3,(H,25,26). The van der Waals surface area contributed by atoms with Gasteiger partial charge in [0.05, 0.1) is 23.8 Å². The van der Waals surface area contributed by atoms with Crippen LogP contribution in [0.5, 0.6) is 5.75 Å². The fourth-order valence-corrected chi connectivity index (χ4v) is 4.82. The van der Waals surface area contributed by atoms with Gasteiger partial charge in [0.2, 0.25) is 0 Å². The van der Waals surface area contributed by atoms with Gasteiger partial charge < -0.3 is 15.3 Å². The summed E-state index contributed by atoms with van der Waals surface area (Å²) in [5.41, 5.74) is 2.18. The first-order valence-electron chi connectivity index (χ1n) is 9.93. The Morgan fingerprint density at radius 3 is 2.55 bits per heavy atom. The lowest BCUT2D eigenvalue weighted by molar-refractivity contribution is -0.196. The zero-order valence-electron chi connectivity index (χ0n) is 17.6. The van der Waals surface area contributed by atoms with Crippen LogP contribution in [0.1, 0.15) is 34.1 Å². The number of anilines is 1. The third kappa shape index (κ3) is 3.41. The van der Waals surface area contributed by atoms with Crippen LogP contribution >= 0.6 is 11.6 Å². The highest BCUT2D eigenvalue weighted by atomic mass is 35.5. The van der Waals surface area contributed by atoms with Crippen molar-refractivity contribution in [3.8, 4) is 5.75 Å². The molecule has 5 nitrogen and oxygen atoms in total. The van der Waals surface area contributed by atoms with Crippen LogP contribution in [0.15, 0.2) is 36.4 Å². The van der Waals surface area contributed by atoms with E-state index in [9.17, 15) is 5.21 Å². The quantitative estimate of drug-likeness (QED) is 0.535. The highest BCUT2D eigenvalue weighted by Gasteiger charge is 2.50. The summed E-state index contributed by atoms with van der Waals surface area (Å²) in [5, 5.41) is 18.5. The minimum atomic E-state index is -0.323. The maximum atomic E-state index is 10.7. The van der Waals surface area contributed by atoms with E-state index in [4.69, 9.17) is 21.3 Å². The van der Waals surface area contributed by atoms with Crippen LogP contribution in [-0.4, -0.2) is 40.0 Å². The molecule has 0 spiro atoms. The molecule has 0 radical (unpaired) electrons. The zero-order valence-corrected chi connectivity index (χ0v) is 18.3. The lowest BCUT2D eigenvalue weighted by Crippen LogP contribution is -2.48. The van der Waals surface area contributed by atoms with Gasteiger partial charge in [-0.25, -0.2) is 4.98 Å². The van der Waals surface area contributed by atoms with E-state index in [2.05, 4.69) is 33.0 Å². The first kappa shape index (κ1) is 20.2. The molecular formula is C23H28ClN3O2. The maximum Gasteiger partial charge on any atom is 0.119 e. The molecule has 1 atom stereocenters. The third-order valence-electron chi connectivity index (χ3n) is 6.33. The second-order valence-electron chi connectivity index (χ2n) is 9.09. The molecule has 1 aliphatic rings. The predicted molar refractivity (Wildman–Crippen MR) is 119 cm³/mol. The van der Waals surface area contributed by atoms with Crippen LogP contribution in [0.2, 0.25) is 5.02 Å². The maximum absolute atomic E-state index is 10.7. The fraction of sp³-hybridized carbons (Fsp3) is 0.435. The van der Waals surface area contributed by atoms with Gasteiger partial charge in [-0.3, -0.25) is 0 Å². The summed E-state index contributed by atoms with van der Waals surface area (Å²) in [5.74, 6) is 1.07. The van der Waals surface area contributed by atoms with Gasteiger partial charge in [-0.1, -0.05) is 11.6 Å². The summed E-state index contributed by atoms with van der Waals surface area (Å²) in [6, 6.07) is 11.7. The Morgan fingerprint density at radius 2 is 1.90 bits per heavy atom. The van der Waals surface area contributed by atoms with Crippen molar-refractivity contribution in [2.75, 3.05) is 19.0 Å². The molecule has 0 saturated carbocycles. The van der Waals surface area contributed by atoms with Crippen molar-refractivity contribution < 1.29 is 9.94 Å². The van der Waals surface area contributed by atoms with E-state index in [1.54, 1.807) is 7.11 Å². The van der Waals surface area contributed by atoms with Crippen molar-refractivity contribution in [2.24, 2.45) is 5.92 Å². The first-order valence-corrected chi connectivity index (χ1v) is 10.3. The number of aromatic nitrogens is 1. The van der Waals surface area contributed by atoms with Crippen molar-refractivity contribution in [3.05, 3.63) is 41.4 Å². The number of pyridine rings is 1. The molecule has 154 valence electrons. The average molecular weight is 414 g/mol. The summed E-state index contributed by atoms with van der Waals surface area (Å²) < 4.78 is 5.44. The number of fused-ring (bicyclic) bond motifs is 2. The summed E-state index contributed by atoms with van der Waals surface area (Å²) in [7, 11) is 1.67. The Hall–Kier alpha value is -2.08. The monoisotopic (exact) mass is 413 g/mol. The molecular weight excluding hydrogens is 386 g/mol. The molecule has 1 aromatic heterocycles. The molecule has 2 heterocycles. The summed E-state index contributed by atoms with van der Waals surface area (Å²) in [6.45, 7) is 9.10. The average Bonchev–Trinajstić information content (AvgIpc) is 2.83. The molecule has 1 saturated heterocycles. The molecule has 6 heteroatoms. The smallest absolute Gasteiger partial charge is 0.119 e. The van der Waals surface area contributed by atoms with E-state index in [0.29, 0.717) is 5.02 Å². The van der Waals surface area contributed by atoms with E-state index in [0.717, 1.165) is 46.2 Å². The lowest BCUT2D eigenvalue weighted by Gasteiger charge is -2.36. The van der Waals surface area contributed by atoms with Gasteiger partial charge in [0.25, 0.3) is 0 Å². The molecule has 1 aliphatic heterocycles. The molecule has 1 unspecified atom stereocenters. The van der Waals surface area contributed by atoms with Crippen LogP contribution < -0.4 is 10.1 Å². The van der Waals surface area contributed by atoms with Crippen LogP contribution in [-0.2, 0) is 0 Å². The number of hydrogen-bond donors (Lipinski definition) is 2. The summed E-state index contributed by atoms with van der Waals surface area (Å²) in [4.78, 5) is 4.79. The fourth-order valence-electron chi connectivity index (χ4n) is 4.65. The number of nitrogens with one attached hydrogen (secondary N) is 1. The number of nitrogens with zero attached hydrogens (tertiary/aromatic N) is 2. The Labute approximate surface area is 176 Å². The van der Waals surface area contributed by atoms with Gasteiger partial charge in [0.1, 0.15) is 5.75 Å². The van der Waals surface area contributed by atoms with Crippen molar-refractivity contribution in [1.82, 2.24) is 10.0 Å². The number of hydrogen-bond acceptors (Lipinski definition) is 5. The summed E-state index contributed by atoms with van der Waals surface area (Å²) in [6.07, 6.45) is 0.902. The largest absolute Gasteiger partial charge is 0.497 e. The number of rotatable bonds is 4. The Kier molecular flexibility index (Phi) is 4.88. The van der Waals surface area contributed by atoms with Crippen LogP contribution in [0, 0.1) is 5.92 Å². The number of hydroxylamine groups is 2. The molecule has 2 aromatic carbocycles. The molecule has 4 rings (SSSR count). The predicted octanol–water partition coefficient (Wildman–Crippen LogP) is 5.73. The second-order valence-corrected chi connectivity index (χ2v) is 9.53. The molecule has 2 N–H and O–H groups in total. The van der Waals surface area contributed by atoms with E-state index in [1.165, 1.54) is 5.06 Å². The van der Waals surface area contributed by atoms with Gasteiger partial charge in [-0.2, -0.15) is 5.06 Å². The van der Waals surface area contributed by atoms with Crippen molar-refractivity contribution in [3.63, 3.8) is 0 Å². The molecule has 1 fully saturated rings. The number of halogens is 1. The molecule has 0 aliphatic carbocycles. The highest BCUT2D eigenvalue weighted by molar-refractivity contribution is 6.31. The Balaban J connectivity index is 1.79. The van der Waals surface area contributed by atoms with Gasteiger partial charge in [-0.05, 0) is 76.4 Å². The van der Waals surface area contributed by atoms with Crippen molar-refractivity contribution in [1.29, 1.82) is 0 Å². The second kappa shape index (κ2) is 7.01. The van der Waals surface area contributed by atoms with Crippen molar-refractivity contribution >= 4 is 39.1 Å². The van der Waals surface area contributed by atoms with E-state index < -0.39 is 0 Å². The topological polar surface area (TPSA) is 57.6 Å². The Bertz CT molecular complexity index is 1080. The lowest BCUT2D eigenvalue weighted by atomic mass is 9.87. The molecule has 3 aromatic rings. The minimum Gasteiger partial charge on any atom is -0.497 e. The summed E-state index contributed by atoms with van der Waals surface area (Å²) >= 11 is 6.22. The molecule has 29 heavy (non-hydrogen) atoms. The van der Waals surface area contributed by atoms with Gasteiger partial charge in [-0.15, -0.1) is 0 Å².